The van der Waals surface area contributed by atoms with Crippen LogP contribution in [0.5, 0.6) is 6.01 Å². The fourth-order valence-corrected chi connectivity index (χ4v) is 7.28. The summed E-state index contributed by atoms with van der Waals surface area (Å²) in [6.07, 6.45) is -7.78. The summed E-state index contributed by atoms with van der Waals surface area (Å²) < 4.78 is 121. The third kappa shape index (κ3) is 5.95. The summed E-state index contributed by atoms with van der Waals surface area (Å²) >= 11 is 0. The molecule has 4 aromatic heterocycles. The summed E-state index contributed by atoms with van der Waals surface area (Å²) in [6.45, 7) is 3.22. The van der Waals surface area contributed by atoms with Crippen molar-refractivity contribution in [1.29, 1.82) is 0 Å². The quantitative estimate of drug-likeness (QED) is 0.139. The number of hydrogen-bond acceptors (Lipinski definition) is 9. The predicted molar refractivity (Wildman–Crippen MR) is 169 cm³/mol. The Hall–Kier alpha value is -5.07. The van der Waals surface area contributed by atoms with E-state index in [2.05, 4.69) is 35.5 Å². The van der Waals surface area contributed by atoms with E-state index in [1.54, 1.807) is 0 Å². The molecule has 0 unspecified atom stereocenters. The van der Waals surface area contributed by atoms with Crippen LogP contribution in [0.1, 0.15) is 54.5 Å². The molecule has 2 aliphatic rings. The van der Waals surface area contributed by atoms with Crippen molar-refractivity contribution in [2.45, 2.75) is 63.2 Å². The van der Waals surface area contributed by atoms with Gasteiger partial charge in [-0.15, -0.1) is 0 Å². The molecule has 0 amide bonds. The summed E-state index contributed by atoms with van der Waals surface area (Å²) in [5, 5.41) is 8.41. The van der Waals surface area contributed by atoms with Crippen molar-refractivity contribution in [3.05, 3.63) is 63.0 Å². The summed E-state index contributed by atoms with van der Waals surface area (Å²) in [6, 6.07) is 0.282. The van der Waals surface area contributed by atoms with Gasteiger partial charge in [0.2, 0.25) is 0 Å². The number of nitrogens with two attached hydrogens (primary N) is 1. The first-order valence-electron chi connectivity index (χ1n) is 15.8. The molecule has 5 N–H and O–H groups in total. The van der Waals surface area contributed by atoms with Crippen molar-refractivity contribution in [3.63, 3.8) is 0 Å². The topological polar surface area (TPSA) is 151 Å². The highest BCUT2D eigenvalue weighted by molar-refractivity contribution is 5.99. The Bertz CT molecular complexity index is 2240. The van der Waals surface area contributed by atoms with Crippen molar-refractivity contribution in [2.75, 3.05) is 30.7 Å². The standard InChI is InChI=1S/C32H29F8N9O2/c1-13-6-19-18(10-43-48-19)20(22(13)32(38,39)40)24-23(34)25-21(28(50)45-24)27(44-14(2)17-7-15(31(35,36)37)9-42-26(17)41)47-29(46-25)51-12-30-4-3-5-49(30)11-16(33)8-30/h6-7,9-10,14,16H,3-5,8,11-12H2,1-2H3,(H2,41,42)(H,43,48)(H,45,50)(H,44,46,47)/t14-,16-,30+/m1/s1. The van der Waals surface area contributed by atoms with Gasteiger partial charge < -0.3 is 20.8 Å². The average Bonchev–Trinajstić information content (AvgIpc) is 3.74. The second kappa shape index (κ2) is 12.0. The van der Waals surface area contributed by atoms with Crippen molar-refractivity contribution in [3.8, 4) is 17.3 Å². The van der Waals surface area contributed by atoms with Crippen molar-refractivity contribution in [2.24, 2.45) is 0 Å². The number of benzene rings is 1. The maximum Gasteiger partial charge on any atom is 0.417 e. The number of nitrogens with zero attached hydrogens (tertiary/aromatic N) is 5. The molecule has 5 aromatic rings. The third-order valence-electron chi connectivity index (χ3n) is 9.59. The number of aromatic amines is 2. The van der Waals surface area contributed by atoms with Gasteiger partial charge in [-0.25, -0.2) is 13.8 Å². The largest absolute Gasteiger partial charge is 0.461 e. The number of alkyl halides is 7. The van der Waals surface area contributed by atoms with E-state index in [0.717, 1.165) is 18.7 Å². The van der Waals surface area contributed by atoms with E-state index in [1.165, 1.54) is 19.9 Å². The lowest BCUT2D eigenvalue weighted by Gasteiger charge is -2.30. The van der Waals surface area contributed by atoms with Crippen LogP contribution in [-0.2, 0) is 12.4 Å². The number of pyridine rings is 2. The number of ether oxygens (including phenoxy) is 1. The van der Waals surface area contributed by atoms with Crippen LogP contribution >= 0.6 is 0 Å². The third-order valence-corrected chi connectivity index (χ3v) is 9.59. The number of aryl methyl sites for hydroxylation is 1. The van der Waals surface area contributed by atoms with Crippen molar-refractivity contribution < 1.29 is 39.9 Å². The molecular formula is C32H29F8N9O2. The van der Waals surface area contributed by atoms with Crippen LogP contribution in [0.4, 0.5) is 46.8 Å². The lowest BCUT2D eigenvalue weighted by atomic mass is 9.94. The zero-order valence-electron chi connectivity index (χ0n) is 26.9. The molecule has 0 spiro atoms. The number of hydrogen-bond donors (Lipinski definition) is 4. The maximum atomic E-state index is 16.8. The van der Waals surface area contributed by atoms with Gasteiger partial charge >= 0.3 is 18.4 Å². The Balaban J connectivity index is 1.41. The van der Waals surface area contributed by atoms with E-state index < -0.39 is 86.6 Å². The van der Waals surface area contributed by atoms with Crippen molar-refractivity contribution in [1.82, 2.24) is 35.0 Å². The predicted octanol–water partition coefficient (Wildman–Crippen LogP) is 6.45. The van der Waals surface area contributed by atoms with E-state index >= 15 is 4.39 Å². The highest BCUT2D eigenvalue weighted by atomic mass is 19.4. The minimum absolute atomic E-state index is 0.133. The molecule has 7 rings (SSSR count). The van der Waals surface area contributed by atoms with Crippen LogP contribution in [0.2, 0.25) is 0 Å². The molecule has 3 atom stereocenters. The van der Waals surface area contributed by atoms with Gasteiger partial charge in [-0.05, 0) is 50.9 Å². The number of halogens is 8. The van der Waals surface area contributed by atoms with Gasteiger partial charge in [0.05, 0.1) is 40.1 Å². The number of nitrogens with one attached hydrogen (secondary N) is 3. The smallest absolute Gasteiger partial charge is 0.417 e. The zero-order valence-corrected chi connectivity index (χ0v) is 26.9. The molecule has 2 saturated heterocycles. The molecule has 1 aromatic carbocycles. The van der Waals surface area contributed by atoms with E-state index in [-0.39, 0.29) is 47.4 Å². The number of H-pyrrole nitrogens is 2. The first-order chi connectivity index (χ1) is 24.0. The number of aromatic nitrogens is 6. The minimum atomic E-state index is -4.99. The maximum absolute atomic E-state index is 16.8. The molecule has 0 bridgehead atoms. The van der Waals surface area contributed by atoms with Crippen molar-refractivity contribution >= 4 is 33.4 Å². The lowest BCUT2D eigenvalue weighted by Crippen LogP contribution is -2.43. The monoisotopic (exact) mass is 723 g/mol. The molecule has 0 radical (unpaired) electrons. The number of fused-ring (bicyclic) bond motifs is 3. The van der Waals surface area contributed by atoms with Crippen LogP contribution in [0.25, 0.3) is 33.1 Å². The van der Waals surface area contributed by atoms with E-state index in [9.17, 15) is 35.5 Å². The van der Waals surface area contributed by atoms with Crippen LogP contribution < -0.4 is 21.3 Å². The van der Waals surface area contributed by atoms with Gasteiger partial charge in [0, 0.05) is 35.7 Å². The summed E-state index contributed by atoms with van der Waals surface area (Å²) in [5.41, 5.74) is -0.863. The van der Waals surface area contributed by atoms with Gasteiger partial charge in [0.25, 0.3) is 5.56 Å². The molecule has 19 heteroatoms. The van der Waals surface area contributed by atoms with Gasteiger partial charge in [-0.3, -0.25) is 14.8 Å². The van der Waals surface area contributed by atoms with Crippen LogP contribution in [-0.4, -0.2) is 66.4 Å². The van der Waals surface area contributed by atoms with E-state index in [4.69, 9.17) is 10.5 Å². The molecule has 0 saturated carbocycles. The first kappa shape index (κ1) is 34.4. The van der Waals surface area contributed by atoms with E-state index in [1.807, 2.05) is 4.90 Å². The first-order valence-corrected chi connectivity index (χ1v) is 15.8. The average molecular weight is 724 g/mol. The highest BCUT2D eigenvalue weighted by Gasteiger charge is 2.49. The Labute approximate surface area is 282 Å². The second-order valence-corrected chi connectivity index (χ2v) is 12.9. The summed E-state index contributed by atoms with van der Waals surface area (Å²) in [4.78, 5) is 29.9. The van der Waals surface area contributed by atoms with Gasteiger partial charge in [0.1, 0.15) is 35.3 Å². The Morgan fingerprint density at radius 1 is 1.16 bits per heavy atom. The van der Waals surface area contributed by atoms with Crippen LogP contribution in [0, 0.1) is 12.7 Å². The highest BCUT2D eigenvalue weighted by Crippen LogP contribution is 2.44. The molecule has 270 valence electrons. The molecule has 2 fully saturated rings. The lowest BCUT2D eigenvalue weighted by molar-refractivity contribution is -0.138. The Kier molecular flexibility index (Phi) is 8.10. The number of anilines is 2. The molecule has 0 aliphatic carbocycles. The van der Waals surface area contributed by atoms with Crippen LogP contribution in [0.3, 0.4) is 0 Å². The summed E-state index contributed by atoms with van der Waals surface area (Å²) in [5.74, 6) is -2.09. The van der Waals surface area contributed by atoms with Crippen LogP contribution in [0.15, 0.2) is 29.3 Å². The Morgan fingerprint density at radius 2 is 1.92 bits per heavy atom. The normalized spacial score (nSPS) is 20.3. The summed E-state index contributed by atoms with van der Waals surface area (Å²) in [7, 11) is 0. The number of nitrogen functional groups attached to an aromatic ring is 1. The molecule has 2 aliphatic heterocycles. The molecular weight excluding hydrogens is 694 g/mol. The molecule has 6 heterocycles. The SMILES string of the molecule is Cc1cc2[nH]ncc2c(-c2[nH]c(=O)c3c(N[C@H](C)c4cc(C(F)(F)F)cnc4N)nc(OC[C@@]45CCCN4C[C@H](F)C5)nc3c2F)c1C(F)(F)F. The number of rotatable bonds is 7. The van der Waals surface area contributed by atoms with Gasteiger partial charge in [-0.1, -0.05) is 0 Å². The Morgan fingerprint density at radius 3 is 2.65 bits per heavy atom. The van der Waals surface area contributed by atoms with Gasteiger partial charge in [-0.2, -0.15) is 41.4 Å². The van der Waals surface area contributed by atoms with E-state index in [0.29, 0.717) is 19.2 Å². The molecule has 51 heavy (non-hydrogen) atoms. The van der Waals surface area contributed by atoms with Gasteiger partial charge in [0.15, 0.2) is 5.82 Å². The molecule has 11 nitrogen and oxygen atoms in total. The minimum Gasteiger partial charge on any atom is -0.461 e. The fourth-order valence-electron chi connectivity index (χ4n) is 7.28. The second-order valence-electron chi connectivity index (χ2n) is 12.9. The zero-order chi connectivity index (χ0) is 36.6. The fraction of sp³-hybridized carbons (Fsp3) is 0.406.